The summed E-state index contributed by atoms with van der Waals surface area (Å²) in [7, 11) is 1.21. The summed E-state index contributed by atoms with van der Waals surface area (Å²) >= 11 is 0. The van der Waals surface area contributed by atoms with E-state index in [9.17, 15) is 18.8 Å². The minimum absolute atomic E-state index is 0.308. The zero-order valence-electron chi connectivity index (χ0n) is 12.7. The number of rotatable bonds is 5. The first-order valence-electron chi connectivity index (χ1n) is 6.56. The Morgan fingerprint density at radius 1 is 1.00 bits per heavy atom. The number of carbonyl (C=O) groups excluding carboxylic acids is 3. The first kappa shape index (κ1) is 18.3. The number of hydrogen-bond acceptors (Lipinski definition) is 8. The highest BCUT2D eigenvalue weighted by atomic mass is 19.1. The van der Waals surface area contributed by atoms with Crippen LogP contribution in [0, 0.1) is 0 Å². The van der Waals surface area contributed by atoms with E-state index in [0.29, 0.717) is 0 Å². The van der Waals surface area contributed by atoms with E-state index in [1.54, 1.807) is 0 Å². The molecule has 0 N–H and O–H groups in total. The molecule has 0 spiro atoms. The molecular weight excluding hydrogens is 303 g/mol. The largest absolute Gasteiger partial charge is 0.463 e. The van der Waals surface area contributed by atoms with Gasteiger partial charge in [0.1, 0.15) is 12.7 Å². The van der Waals surface area contributed by atoms with Gasteiger partial charge in [0.15, 0.2) is 24.7 Å². The van der Waals surface area contributed by atoms with Crippen LogP contribution in [0.2, 0.25) is 0 Å². The average molecular weight is 322 g/mol. The quantitative estimate of drug-likeness (QED) is 0.520. The van der Waals surface area contributed by atoms with Crippen LogP contribution in [-0.4, -0.2) is 62.4 Å². The molecule has 22 heavy (non-hydrogen) atoms. The van der Waals surface area contributed by atoms with E-state index >= 15 is 0 Å². The van der Waals surface area contributed by atoms with Crippen molar-refractivity contribution in [3.8, 4) is 0 Å². The molecule has 0 aromatic rings. The molecular formula is C13H19FO8. The van der Waals surface area contributed by atoms with Crippen LogP contribution >= 0.6 is 0 Å². The number of esters is 3. The van der Waals surface area contributed by atoms with Crippen molar-refractivity contribution < 1.29 is 42.5 Å². The van der Waals surface area contributed by atoms with Crippen LogP contribution in [-0.2, 0) is 38.1 Å². The number of hydrogen-bond donors (Lipinski definition) is 0. The molecule has 5 atom stereocenters. The Kier molecular flexibility index (Phi) is 6.69. The summed E-state index contributed by atoms with van der Waals surface area (Å²) in [6.07, 6.45) is -6.94. The van der Waals surface area contributed by atoms with E-state index in [2.05, 4.69) is 0 Å². The molecule has 9 heteroatoms. The fourth-order valence-corrected chi connectivity index (χ4v) is 2.05. The van der Waals surface area contributed by atoms with Gasteiger partial charge in [0.25, 0.3) is 0 Å². The van der Waals surface area contributed by atoms with Crippen LogP contribution in [0.1, 0.15) is 20.8 Å². The molecule has 8 nitrogen and oxygen atoms in total. The second kappa shape index (κ2) is 8.04. The molecule has 0 aromatic heterocycles. The van der Waals surface area contributed by atoms with Crippen molar-refractivity contribution in [2.75, 3.05) is 13.7 Å². The molecule has 1 fully saturated rings. The molecule has 0 aliphatic carbocycles. The summed E-state index contributed by atoms with van der Waals surface area (Å²) in [5, 5.41) is 0. The van der Waals surface area contributed by atoms with Crippen molar-refractivity contribution in [2.24, 2.45) is 0 Å². The Morgan fingerprint density at radius 3 is 2.00 bits per heavy atom. The lowest BCUT2D eigenvalue weighted by Gasteiger charge is -2.41. The SMILES string of the molecule is CO[C@H]1O[C@H](COC(C)=O)[C@H](OC(C)=O)[C@H](OC(C)=O)[C@H]1F. The molecule has 0 amide bonds. The van der Waals surface area contributed by atoms with Gasteiger partial charge in [0, 0.05) is 27.9 Å². The van der Waals surface area contributed by atoms with Gasteiger partial charge in [-0.05, 0) is 0 Å². The van der Waals surface area contributed by atoms with E-state index in [1.807, 2.05) is 0 Å². The van der Waals surface area contributed by atoms with Crippen molar-refractivity contribution in [1.29, 1.82) is 0 Å². The predicted molar refractivity (Wildman–Crippen MR) is 68.3 cm³/mol. The third-order valence-electron chi connectivity index (χ3n) is 2.86. The third-order valence-corrected chi connectivity index (χ3v) is 2.86. The van der Waals surface area contributed by atoms with Gasteiger partial charge in [0.05, 0.1) is 0 Å². The number of halogens is 1. The molecule has 1 aliphatic heterocycles. The standard InChI is InChI=1S/C13H19FO8/c1-6(15)19-5-9-11(20-7(2)16)12(21-8(3)17)10(14)13(18-4)22-9/h9-13H,5H2,1-4H3/t9-,10-,11+,12-,13+/m1/s1. The Balaban J connectivity index is 3.00. The normalized spacial score (nSPS) is 31.2. The van der Waals surface area contributed by atoms with Crippen molar-refractivity contribution >= 4 is 17.9 Å². The van der Waals surface area contributed by atoms with Crippen molar-refractivity contribution in [3.05, 3.63) is 0 Å². The third kappa shape index (κ3) is 4.92. The fourth-order valence-electron chi connectivity index (χ4n) is 2.05. The molecule has 1 saturated heterocycles. The molecule has 126 valence electrons. The number of alkyl halides is 1. The molecule has 1 heterocycles. The zero-order valence-corrected chi connectivity index (χ0v) is 12.7. The maximum atomic E-state index is 14.3. The van der Waals surface area contributed by atoms with E-state index in [-0.39, 0.29) is 6.61 Å². The van der Waals surface area contributed by atoms with Crippen molar-refractivity contribution in [2.45, 2.75) is 51.5 Å². The molecule has 0 unspecified atom stereocenters. The van der Waals surface area contributed by atoms with Crippen LogP contribution in [0.5, 0.6) is 0 Å². The lowest BCUT2D eigenvalue weighted by Crippen LogP contribution is -2.60. The van der Waals surface area contributed by atoms with Crippen LogP contribution in [0.25, 0.3) is 0 Å². The summed E-state index contributed by atoms with van der Waals surface area (Å²) in [5.74, 6) is -2.07. The predicted octanol–water partition coefficient (Wildman–Crippen LogP) is 0.122. The highest BCUT2D eigenvalue weighted by Crippen LogP contribution is 2.29. The van der Waals surface area contributed by atoms with Gasteiger partial charge in [-0.3, -0.25) is 14.4 Å². The highest BCUT2D eigenvalue weighted by Gasteiger charge is 2.51. The number of carbonyl (C=O) groups is 3. The maximum Gasteiger partial charge on any atom is 0.303 e. The summed E-state index contributed by atoms with van der Waals surface area (Å²) in [5.41, 5.74) is 0. The molecule has 1 rings (SSSR count). The minimum Gasteiger partial charge on any atom is -0.463 e. The van der Waals surface area contributed by atoms with E-state index in [1.165, 1.54) is 14.0 Å². The lowest BCUT2D eigenvalue weighted by atomic mass is 9.99. The van der Waals surface area contributed by atoms with Crippen LogP contribution in [0.4, 0.5) is 4.39 Å². The monoisotopic (exact) mass is 322 g/mol. The van der Waals surface area contributed by atoms with E-state index in [0.717, 1.165) is 13.8 Å². The lowest BCUT2D eigenvalue weighted by molar-refractivity contribution is -0.286. The second-order valence-corrected chi connectivity index (χ2v) is 4.67. The first-order chi connectivity index (χ1) is 10.3. The fraction of sp³-hybridized carbons (Fsp3) is 0.769. The molecule has 1 aliphatic rings. The maximum absolute atomic E-state index is 14.3. The minimum atomic E-state index is -1.87. The molecule has 0 saturated carbocycles. The van der Waals surface area contributed by atoms with Gasteiger partial charge in [-0.2, -0.15) is 0 Å². The summed E-state index contributed by atoms with van der Waals surface area (Å²) in [4.78, 5) is 33.3. The Bertz CT molecular complexity index is 426. The van der Waals surface area contributed by atoms with Gasteiger partial charge in [0.2, 0.25) is 0 Å². The first-order valence-corrected chi connectivity index (χ1v) is 6.56. The van der Waals surface area contributed by atoms with Crippen molar-refractivity contribution in [1.82, 2.24) is 0 Å². The Morgan fingerprint density at radius 2 is 1.55 bits per heavy atom. The van der Waals surface area contributed by atoms with E-state index < -0.39 is 48.7 Å². The van der Waals surface area contributed by atoms with Gasteiger partial charge >= 0.3 is 17.9 Å². The summed E-state index contributed by atoms with van der Waals surface area (Å²) < 4.78 is 39.1. The molecule has 0 aromatic carbocycles. The van der Waals surface area contributed by atoms with Crippen LogP contribution in [0.3, 0.4) is 0 Å². The Hall–Kier alpha value is -1.74. The van der Waals surface area contributed by atoms with Gasteiger partial charge < -0.3 is 23.7 Å². The Labute approximate surface area is 126 Å². The number of methoxy groups -OCH3 is 1. The van der Waals surface area contributed by atoms with Gasteiger partial charge in [-0.25, -0.2) is 4.39 Å². The number of ether oxygens (including phenoxy) is 5. The van der Waals surface area contributed by atoms with Crippen molar-refractivity contribution in [3.63, 3.8) is 0 Å². The smallest absolute Gasteiger partial charge is 0.303 e. The summed E-state index contributed by atoms with van der Waals surface area (Å²) in [6, 6.07) is 0. The van der Waals surface area contributed by atoms with Crippen LogP contribution < -0.4 is 0 Å². The van der Waals surface area contributed by atoms with Gasteiger partial charge in [-0.1, -0.05) is 0 Å². The van der Waals surface area contributed by atoms with Crippen LogP contribution in [0.15, 0.2) is 0 Å². The average Bonchev–Trinajstić information content (AvgIpc) is 2.41. The molecule has 0 radical (unpaired) electrons. The summed E-state index contributed by atoms with van der Waals surface area (Å²) in [6.45, 7) is 3.08. The zero-order chi connectivity index (χ0) is 16.9. The highest BCUT2D eigenvalue weighted by molar-refractivity contribution is 5.67. The second-order valence-electron chi connectivity index (χ2n) is 4.67. The topological polar surface area (TPSA) is 97.4 Å². The van der Waals surface area contributed by atoms with Gasteiger partial charge in [-0.15, -0.1) is 0 Å². The van der Waals surface area contributed by atoms with E-state index in [4.69, 9.17) is 23.7 Å². The molecule has 0 bridgehead atoms.